The molecule has 2 N–H and O–H groups in total. The monoisotopic (exact) mass is 313 g/mol. The maximum atomic E-state index is 12.3. The average molecular weight is 313 g/mol. The van der Waals surface area contributed by atoms with Crippen LogP contribution in [0.3, 0.4) is 0 Å². The summed E-state index contributed by atoms with van der Waals surface area (Å²) in [4.78, 5) is 12.3. The number of carbonyl (C=O) groups excluding carboxylic acids is 1. The Kier molecular flexibility index (Phi) is 5.25. The molecule has 2 aromatic rings. The van der Waals surface area contributed by atoms with Gasteiger partial charge in [0.05, 0.1) is 21.3 Å². The van der Waals surface area contributed by atoms with Crippen LogP contribution in [-0.4, -0.2) is 27.1 Å². The van der Waals surface area contributed by atoms with Crippen molar-refractivity contribution in [3.8, 4) is 17.2 Å². The third-order valence-corrected chi connectivity index (χ3v) is 3.36. The molecule has 2 rings (SSSR count). The highest BCUT2D eigenvalue weighted by Crippen LogP contribution is 2.28. The molecule has 0 heterocycles. The number of carbonyl (C=O) groups is 1. The summed E-state index contributed by atoms with van der Waals surface area (Å²) in [7, 11) is 4.69. The van der Waals surface area contributed by atoms with Crippen LogP contribution in [0.4, 0.5) is 5.69 Å². The summed E-state index contributed by atoms with van der Waals surface area (Å²) in [6.45, 7) is 0. The highest BCUT2D eigenvalue weighted by molar-refractivity contribution is 6.10. The van der Waals surface area contributed by atoms with Crippen molar-refractivity contribution in [2.45, 2.75) is 0 Å². The second-order valence-electron chi connectivity index (χ2n) is 4.77. The molecule has 0 radical (unpaired) electrons. The lowest BCUT2D eigenvalue weighted by molar-refractivity contribution is 0.104. The number of hydrogen-bond donors (Lipinski definition) is 1. The number of nitrogens with two attached hydrogens (primary N) is 1. The molecular weight excluding hydrogens is 294 g/mol. The topological polar surface area (TPSA) is 70.8 Å². The van der Waals surface area contributed by atoms with E-state index in [-0.39, 0.29) is 5.78 Å². The molecule has 0 aromatic heterocycles. The minimum Gasteiger partial charge on any atom is -0.497 e. The van der Waals surface area contributed by atoms with E-state index in [0.29, 0.717) is 28.5 Å². The SMILES string of the molecule is COc1ccc(C(=O)/C=C/c2ccc(OC)c(OC)c2)c(N)c1. The van der Waals surface area contributed by atoms with Gasteiger partial charge >= 0.3 is 0 Å². The first-order valence-corrected chi connectivity index (χ1v) is 6.97. The van der Waals surface area contributed by atoms with E-state index < -0.39 is 0 Å². The average Bonchev–Trinajstić information content (AvgIpc) is 2.59. The third kappa shape index (κ3) is 3.83. The number of benzene rings is 2. The Bertz CT molecular complexity index is 738. The molecule has 5 heteroatoms. The first kappa shape index (κ1) is 16.4. The fraction of sp³-hybridized carbons (Fsp3) is 0.167. The zero-order valence-electron chi connectivity index (χ0n) is 13.3. The van der Waals surface area contributed by atoms with Crippen molar-refractivity contribution < 1.29 is 19.0 Å². The molecule has 0 saturated carbocycles. The minimum atomic E-state index is -0.181. The third-order valence-electron chi connectivity index (χ3n) is 3.36. The van der Waals surface area contributed by atoms with Gasteiger partial charge in [-0.1, -0.05) is 12.1 Å². The molecule has 0 atom stereocenters. The molecule has 5 nitrogen and oxygen atoms in total. The second kappa shape index (κ2) is 7.35. The van der Waals surface area contributed by atoms with E-state index in [1.165, 1.54) is 6.08 Å². The molecular formula is C18H19NO4. The van der Waals surface area contributed by atoms with Crippen molar-refractivity contribution >= 4 is 17.5 Å². The summed E-state index contributed by atoms with van der Waals surface area (Å²) in [5.74, 6) is 1.67. The van der Waals surface area contributed by atoms with E-state index in [1.807, 2.05) is 6.07 Å². The lowest BCUT2D eigenvalue weighted by Crippen LogP contribution is -2.01. The van der Waals surface area contributed by atoms with Gasteiger partial charge in [0.25, 0.3) is 0 Å². The van der Waals surface area contributed by atoms with Crippen molar-refractivity contribution in [1.82, 2.24) is 0 Å². The van der Waals surface area contributed by atoms with Crippen LogP contribution in [0.5, 0.6) is 17.2 Å². The number of nitrogen functional groups attached to an aromatic ring is 1. The fourth-order valence-electron chi connectivity index (χ4n) is 2.11. The van der Waals surface area contributed by atoms with Gasteiger partial charge < -0.3 is 19.9 Å². The highest BCUT2D eigenvalue weighted by Gasteiger charge is 2.08. The molecule has 0 bridgehead atoms. The minimum absolute atomic E-state index is 0.181. The van der Waals surface area contributed by atoms with Crippen LogP contribution in [0.2, 0.25) is 0 Å². The van der Waals surface area contributed by atoms with E-state index in [1.54, 1.807) is 57.7 Å². The zero-order chi connectivity index (χ0) is 16.8. The maximum Gasteiger partial charge on any atom is 0.187 e. The lowest BCUT2D eigenvalue weighted by Gasteiger charge is -2.07. The van der Waals surface area contributed by atoms with Gasteiger partial charge in [-0.2, -0.15) is 0 Å². The summed E-state index contributed by atoms with van der Waals surface area (Å²) < 4.78 is 15.5. The summed E-state index contributed by atoms with van der Waals surface area (Å²) >= 11 is 0. The van der Waals surface area contributed by atoms with Crippen LogP contribution < -0.4 is 19.9 Å². The molecule has 0 unspecified atom stereocenters. The molecule has 0 aliphatic carbocycles. The number of ether oxygens (including phenoxy) is 3. The van der Waals surface area contributed by atoms with Gasteiger partial charge in [0.1, 0.15) is 5.75 Å². The van der Waals surface area contributed by atoms with Gasteiger partial charge in [0.15, 0.2) is 17.3 Å². The van der Waals surface area contributed by atoms with Crippen molar-refractivity contribution in [2.75, 3.05) is 27.1 Å². The Morgan fingerprint density at radius 1 is 0.957 bits per heavy atom. The summed E-state index contributed by atoms with van der Waals surface area (Å²) in [5, 5.41) is 0. The summed E-state index contributed by atoms with van der Waals surface area (Å²) in [6.07, 6.45) is 3.17. The van der Waals surface area contributed by atoms with Crippen LogP contribution in [0, 0.1) is 0 Å². The molecule has 0 aliphatic heterocycles. The Balaban J connectivity index is 2.21. The molecule has 0 spiro atoms. The van der Waals surface area contributed by atoms with Gasteiger partial charge in [-0.15, -0.1) is 0 Å². The quantitative estimate of drug-likeness (QED) is 0.504. The second-order valence-corrected chi connectivity index (χ2v) is 4.77. The van der Waals surface area contributed by atoms with E-state index in [9.17, 15) is 4.79 Å². The normalized spacial score (nSPS) is 10.6. The molecule has 2 aromatic carbocycles. The van der Waals surface area contributed by atoms with Gasteiger partial charge in [-0.05, 0) is 35.9 Å². The number of methoxy groups -OCH3 is 3. The Morgan fingerprint density at radius 2 is 1.70 bits per heavy atom. The number of ketones is 1. The largest absolute Gasteiger partial charge is 0.497 e. The standard InChI is InChI=1S/C18H19NO4/c1-21-13-6-7-14(15(19)11-13)16(20)8-4-12-5-9-17(22-2)18(10-12)23-3/h4-11H,19H2,1-3H3/b8-4+. The first-order valence-electron chi connectivity index (χ1n) is 6.97. The highest BCUT2D eigenvalue weighted by atomic mass is 16.5. The molecule has 0 fully saturated rings. The summed E-state index contributed by atoms with van der Waals surface area (Å²) in [6, 6.07) is 10.4. The van der Waals surface area contributed by atoms with Gasteiger partial charge in [-0.25, -0.2) is 0 Å². The van der Waals surface area contributed by atoms with E-state index >= 15 is 0 Å². The Labute approximate surface area is 135 Å². The number of rotatable bonds is 6. The lowest BCUT2D eigenvalue weighted by atomic mass is 10.1. The van der Waals surface area contributed by atoms with E-state index in [0.717, 1.165) is 5.56 Å². The molecule has 23 heavy (non-hydrogen) atoms. The number of allylic oxidation sites excluding steroid dienone is 1. The Hall–Kier alpha value is -2.95. The van der Waals surface area contributed by atoms with Crippen LogP contribution >= 0.6 is 0 Å². The zero-order valence-corrected chi connectivity index (χ0v) is 13.3. The molecule has 0 aliphatic rings. The van der Waals surface area contributed by atoms with Crippen LogP contribution in [0.1, 0.15) is 15.9 Å². The van der Waals surface area contributed by atoms with E-state index in [4.69, 9.17) is 19.9 Å². The van der Waals surface area contributed by atoms with Gasteiger partial charge in [-0.3, -0.25) is 4.79 Å². The Morgan fingerprint density at radius 3 is 2.30 bits per heavy atom. The number of anilines is 1. The first-order chi connectivity index (χ1) is 11.1. The van der Waals surface area contributed by atoms with Gasteiger partial charge in [0.2, 0.25) is 0 Å². The molecule has 0 saturated heterocycles. The van der Waals surface area contributed by atoms with Crippen LogP contribution in [0.25, 0.3) is 6.08 Å². The fourth-order valence-corrected chi connectivity index (χ4v) is 2.11. The van der Waals surface area contributed by atoms with Crippen molar-refractivity contribution in [2.24, 2.45) is 0 Å². The smallest absolute Gasteiger partial charge is 0.187 e. The number of hydrogen-bond acceptors (Lipinski definition) is 5. The summed E-state index contributed by atoms with van der Waals surface area (Å²) in [5.41, 5.74) is 7.52. The van der Waals surface area contributed by atoms with Crippen molar-refractivity contribution in [3.63, 3.8) is 0 Å². The van der Waals surface area contributed by atoms with Crippen LogP contribution in [0.15, 0.2) is 42.5 Å². The molecule has 120 valence electrons. The maximum absolute atomic E-state index is 12.3. The van der Waals surface area contributed by atoms with E-state index in [2.05, 4.69) is 0 Å². The predicted octanol–water partition coefficient (Wildman–Crippen LogP) is 3.19. The van der Waals surface area contributed by atoms with Crippen LogP contribution in [-0.2, 0) is 0 Å². The van der Waals surface area contributed by atoms with Crippen molar-refractivity contribution in [1.29, 1.82) is 0 Å². The van der Waals surface area contributed by atoms with Crippen molar-refractivity contribution in [3.05, 3.63) is 53.6 Å². The predicted molar refractivity (Wildman–Crippen MR) is 90.3 cm³/mol. The van der Waals surface area contributed by atoms with Gasteiger partial charge in [0, 0.05) is 17.3 Å². The molecule has 0 amide bonds.